The highest BCUT2D eigenvalue weighted by Crippen LogP contribution is 2.09. The van der Waals surface area contributed by atoms with E-state index < -0.39 is 0 Å². The summed E-state index contributed by atoms with van der Waals surface area (Å²) in [5, 5.41) is 0. The standard InChI is InChI=1S/C10H19NOS/c1-9(8-13)6-11-4-3-5-12-7-10(11)2/h10,13H,1,3-8H2,2H3. The monoisotopic (exact) mass is 201 g/mol. The molecule has 13 heavy (non-hydrogen) atoms. The molecular weight excluding hydrogens is 182 g/mol. The lowest BCUT2D eigenvalue weighted by Crippen LogP contribution is -2.36. The minimum absolute atomic E-state index is 0.513. The molecule has 0 aromatic heterocycles. The van der Waals surface area contributed by atoms with Crippen LogP contribution in [-0.4, -0.2) is 43.0 Å². The SMILES string of the molecule is C=C(CS)CN1CCCOCC1C. The third-order valence-electron chi connectivity index (χ3n) is 2.37. The van der Waals surface area contributed by atoms with Crippen LogP contribution in [0.15, 0.2) is 12.2 Å². The van der Waals surface area contributed by atoms with Gasteiger partial charge in [-0.15, -0.1) is 0 Å². The van der Waals surface area contributed by atoms with E-state index in [-0.39, 0.29) is 0 Å². The van der Waals surface area contributed by atoms with Crippen LogP contribution in [-0.2, 0) is 4.74 Å². The number of thiol groups is 1. The molecular formula is C10H19NOS. The second-order valence-electron chi connectivity index (χ2n) is 3.66. The second kappa shape index (κ2) is 5.68. The van der Waals surface area contributed by atoms with Crippen molar-refractivity contribution in [3.63, 3.8) is 0 Å². The van der Waals surface area contributed by atoms with Gasteiger partial charge in [0.1, 0.15) is 0 Å². The van der Waals surface area contributed by atoms with E-state index in [1.54, 1.807) is 0 Å². The molecule has 0 N–H and O–H groups in total. The number of hydrogen-bond acceptors (Lipinski definition) is 3. The average molecular weight is 201 g/mol. The van der Waals surface area contributed by atoms with Gasteiger partial charge < -0.3 is 4.74 Å². The van der Waals surface area contributed by atoms with Gasteiger partial charge in [0.2, 0.25) is 0 Å². The van der Waals surface area contributed by atoms with E-state index in [1.165, 1.54) is 5.57 Å². The first-order valence-corrected chi connectivity index (χ1v) is 5.46. The largest absolute Gasteiger partial charge is 0.380 e. The molecule has 0 saturated carbocycles. The maximum absolute atomic E-state index is 5.46. The van der Waals surface area contributed by atoms with Crippen LogP contribution in [0.4, 0.5) is 0 Å². The van der Waals surface area contributed by atoms with Crippen molar-refractivity contribution in [2.45, 2.75) is 19.4 Å². The number of ether oxygens (including phenoxy) is 1. The fraction of sp³-hybridized carbons (Fsp3) is 0.800. The van der Waals surface area contributed by atoms with Crippen molar-refractivity contribution in [3.05, 3.63) is 12.2 Å². The Morgan fingerprint density at radius 3 is 3.15 bits per heavy atom. The Labute approximate surface area is 86.4 Å². The molecule has 0 radical (unpaired) electrons. The second-order valence-corrected chi connectivity index (χ2v) is 3.97. The van der Waals surface area contributed by atoms with E-state index in [0.29, 0.717) is 6.04 Å². The molecule has 0 aliphatic carbocycles. The van der Waals surface area contributed by atoms with Gasteiger partial charge in [0.05, 0.1) is 6.61 Å². The maximum Gasteiger partial charge on any atom is 0.0619 e. The molecule has 1 saturated heterocycles. The quantitative estimate of drug-likeness (QED) is 0.550. The van der Waals surface area contributed by atoms with Crippen LogP contribution < -0.4 is 0 Å². The Kier molecular flexibility index (Phi) is 4.84. The predicted molar refractivity (Wildman–Crippen MR) is 59.5 cm³/mol. The first-order valence-electron chi connectivity index (χ1n) is 4.83. The smallest absolute Gasteiger partial charge is 0.0619 e. The molecule has 1 atom stereocenters. The fourth-order valence-corrected chi connectivity index (χ4v) is 1.62. The summed E-state index contributed by atoms with van der Waals surface area (Å²) in [7, 11) is 0. The summed E-state index contributed by atoms with van der Waals surface area (Å²) in [6.45, 7) is 10.0. The van der Waals surface area contributed by atoms with E-state index in [4.69, 9.17) is 4.74 Å². The zero-order chi connectivity index (χ0) is 9.68. The first kappa shape index (κ1) is 11.1. The Morgan fingerprint density at radius 2 is 2.46 bits per heavy atom. The van der Waals surface area contributed by atoms with Crippen molar-refractivity contribution in [2.24, 2.45) is 0 Å². The highest BCUT2D eigenvalue weighted by Gasteiger charge is 2.16. The fourth-order valence-electron chi connectivity index (χ4n) is 1.52. The molecule has 1 fully saturated rings. The van der Waals surface area contributed by atoms with Gasteiger partial charge in [0, 0.05) is 31.5 Å². The minimum Gasteiger partial charge on any atom is -0.380 e. The van der Waals surface area contributed by atoms with Crippen LogP contribution in [0.3, 0.4) is 0 Å². The van der Waals surface area contributed by atoms with Gasteiger partial charge in [-0.1, -0.05) is 12.2 Å². The van der Waals surface area contributed by atoms with Crippen LogP contribution in [0, 0.1) is 0 Å². The van der Waals surface area contributed by atoms with Crippen LogP contribution in [0.25, 0.3) is 0 Å². The Morgan fingerprint density at radius 1 is 1.69 bits per heavy atom. The van der Waals surface area contributed by atoms with Crippen molar-refractivity contribution in [2.75, 3.05) is 32.1 Å². The molecule has 1 rings (SSSR count). The lowest BCUT2D eigenvalue weighted by Gasteiger charge is -2.26. The minimum atomic E-state index is 0.513. The topological polar surface area (TPSA) is 12.5 Å². The van der Waals surface area contributed by atoms with E-state index in [1.807, 2.05) is 0 Å². The van der Waals surface area contributed by atoms with Crippen LogP contribution in [0.1, 0.15) is 13.3 Å². The molecule has 1 unspecified atom stereocenters. The predicted octanol–water partition coefficient (Wildman–Crippen LogP) is 1.58. The summed E-state index contributed by atoms with van der Waals surface area (Å²) < 4.78 is 5.46. The Bertz CT molecular complexity index is 172. The summed E-state index contributed by atoms with van der Waals surface area (Å²) in [6, 6.07) is 0.513. The highest BCUT2D eigenvalue weighted by atomic mass is 32.1. The zero-order valence-corrected chi connectivity index (χ0v) is 9.22. The van der Waals surface area contributed by atoms with Gasteiger partial charge in [0.15, 0.2) is 0 Å². The lowest BCUT2D eigenvalue weighted by atomic mass is 10.2. The molecule has 0 bridgehead atoms. The van der Waals surface area contributed by atoms with Crippen LogP contribution >= 0.6 is 12.6 Å². The maximum atomic E-state index is 5.46. The summed E-state index contributed by atoms with van der Waals surface area (Å²) in [6.07, 6.45) is 1.13. The van der Waals surface area contributed by atoms with Gasteiger partial charge in [-0.2, -0.15) is 12.6 Å². The number of rotatable bonds is 3. The lowest BCUT2D eigenvalue weighted by molar-refractivity contribution is 0.111. The third kappa shape index (κ3) is 3.71. The van der Waals surface area contributed by atoms with E-state index in [0.717, 1.165) is 38.5 Å². The third-order valence-corrected chi connectivity index (χ3v) is 2.81. The molecule has 1 aliphatic rings. The van der Waals surface area contributed by atoms with Crippen LogP contribution in [0.5, 0.6) is 0 Å². The molecule has 1 aliphatic heterocycles. The molecule has 3 heteroatoms. The zero-order valence-electron chi connectivity index (χ0n) is 8.33. The van der Waals surface area contributed by atoms with Crippen molar-refractivity contribution in [1.29, 1.82) is 0 Å². The van der Waals surface area contributed by atoms with Crippen LogP contribution in [0.2, 0.25) is 0 Å². The number of nitrogens with zero attached hydrogens (tertiary/aromatic N) is 1. The molecule has 0 spiro atoms. The van der Waals surface area contributed by atoms with E-state index in [9.17, 15) is 0 Å². The Balaban J connectivity index is 2.40. The summed E-state index contributed by atoms with van der Waals surface area (Å²) in [5.74, 6) is 0.782. The molecule has 1 heterocycles. The van der Waals surface area contributed by atoms with Gasteiger partial charge in [-0.05, 0) is 13.3 Å². The highest BCUT2D eigenvalue weighted by molar-refractivity contribution is 7.80. The summed E-state index contributed by atoms with van der Waals surface area (Å²) >= 11 is 4.21. The Hall–Kier alpha value is 0.01000. The van der Waals surface area contributed by atoms with Gasteiger partial charge in [0.25, 0.3) is 0 Å². The van der Waals surface area contributed by atoms with E-state index >= 15 is 0 Å². The number of hydrogen-bond donors (Lipinski definition) is 1. The van der Waals surface area contributed by atoms with Gasteiger partial charge >= 0.3 is 0 Å². The van der Waals surface area contributed by atoms with Crippen molar-refractivity contribution in [1.82, 2.24) is 4.90 Å². The van der Waals surface area contributed by atoms with Crippen molar-refractivity contribution >= 4 is 12.6 Å². The molecule has 2 nitrogen and oxygen atoms in total. The van der Waals surface area contributed by atoms with E-state index in [2.05, 4.69) is 31.0 Å². The molecule has 0 amide bonds. The molecule has 0 aromatic rings. The van der Waals surface area contributed by atoms with Crippen molar-refractivity contribution in [3.8, 4) is 0 Å². The molecule has 76 valence electrons. The molecule has 0 aromatic carbocycles. The summed E-state index contributed by atoms with van der Waals surface area (Å²) in [5.41, 5.74) is 1.19. The average Bonchev–Trinajstić information content (AvgIpc) is 2.32. The van der Waals surface area contributed by atoms with Gasteiger partial charge in [-0.3, -0.25) is 4.90 Å². The summed E-state index contributed by atoms with van der Waals surface area (Å²) in [4.78, 5) is 2.42. The van der Waals surface area contributed by atoms with Gasteiger partial charge in [-0.25, -0.2) is 0 Å². The normalized spacial score (nSPS) is 25.5. The first-order chi connectivity index (χ1) is 6.24. The van der Waals surface area contributed by atoms with Crippen molar-refractivity contribution < 1.29 is 4.74 Å².